The number of benzene rings is 1. The van der Waals surface area contributed by atoms with E-state index in [4.69, 9.17) is 4.74 Å². The van der Waals surface area contributed by atoms with Crippen molar-refractivity contribution in [2.75, 3.05) is 0 Å². The molecule has 2 heteroatoms. The lowest BCUT2D eigenvalue weighted by molar-refractivity contribution is 0.0157. The molecule has 1 aromatic rings. The number of hydrogen-bond acceptors (Lipinski definition) is 2. The summed E-state index contributed by atoms with van der Waals surface area (Å²) in [7, 11) is 0. The average molecular weight is 343 g/mol. The lowest BCUT2D eigenvalue weighted by Gasteiger charge is -2.44. The van der Waals surface area contributed by atoms with Crippen molar-refractivity contribution in [1.82, 2.24) is 0 Å². The van der Waals surface area contributed by atoms with Gasteiger partial charge in [-0.05, 0) is 69.9 Å². The van der Waals surface area contributed by atoms with E-state index in [1.807, 2.05) is 12.1 Å². The van der Waals surface area contributed by atoms with E-state index < -0.39 is 5.60 Å². The minimum atomic E-state index is -0.402. The van der Waals surface area contributed by atoms with Crippen LogP contribution in [0.1, 0.15) is 78.4 Å². The van der Waals surface area contributed by atoms with Crippen molar-refractivity contribution >= 4 is 6.08 Å². The summed E-state index contributed by atoms with van der Waals surface area (Å²) in [4.78, 5) is 0. The first-order valence-corrected chi connectivity index (χ1v) is 9.56. The summed E-state index contributed by atoms with van der Waals surface area (Å²) >= 11 is 0. The van der Waals surface area contributed by atoms with Crippen molar-refractivity contribution < 1.29 is 9.84 Å². The van der Waals surface area contributed by atoms with Gasteiger partial charge in [0.15, 0.2) is 0 Å². The summed E-state index contributed by atoms with van der Waals surface area (Å²) < 4.78 is 6.47. The number of phenols is 1. The molecule has 2 nitrogen and oxygen atoms in total. The number of fused-ring (bicyclic) bond motifs is 1. The maximum Gasteiger partial charge on any atom is 0.131 e. The molecule has 2 rings (SSSR count). The Bertz CT molecular complexity index is 663. The molecule has 0 saturated heterocycles. The molecule has 1 aliphatic heterocycles. The van der Waals surface area contributed by atoms with Crippen molar-refractivity contribution in [2.24, 2.45) is 5.41 Å². The van der Waals surface area contributed by atoms with Crippen LogP contribution in [0.2, 0.25) is 0 Å². The SMILES string of the molecule is CCCCCc1cc(O)c2c(c1)OC(C)(C(C)(C)CC=C(C)C)C=C2. The van der Waals surface area contributed by atoms with Crippen molar-refractivity contribution in [1.29, 1.82) is 0 Å². The number of phenolic OH excluding ortho intramolecular Hbond substituents is 1. The van der Waals surface area contributed by atoms with Gasteiger partial charge in [0.05, 0.1) is 5.56 Å². The Morgan fingerprint density at radius 2 is 1.96 bits per heavy atom. The van der Waals surface area contributed by atoms with Gasteiger partial charge in [0, 0.05) is 5.41 Å². The summed E-state index contributed by atoms with van der Waals surface area (Å²) in [5.41, 5.74) is 2.83. The largest absolute Gasteiger partial charge is 0.507 e. The topological polar surface area (TPSA) is 29.5 Å². The fourth-order valence-corrected chi connectivity index (χ4v) is 3.17. The number of allylic oxidation sites excluding steroid dienone is 2. The van der Waals surface area contributed by atoms with Gasteiger partial charge in [-0.2, -0.15) is 0 Å². The first-order valence-electron chi connectivity index (χ1n) is 9.56. The number of ether oxygens (including phenoxy) is 1. The molecule has 0 saturated carbocycles. The third-order valence-electron chi connectivity index (χ3n) is 5.50. The molecular weight excluding hydrogens is 308 g/mol. The van der Waals surface area contributed by atoms with E-state index in [1.165, 1.54) is 18.4 Å². The summed E-state index contributed by atoms with van der Waals surface area (Å²) in [5, 5.41) is 10.4. The molecule has 138 valence electrons. The van der Waals surface area contributed by atoms with Gasteiger partial charge in [-0.25, -0.2) is 0 Å². The summed E-state index contributed by atoms with van der Waals surface area (Å²) in [6, 6.07) is 4.00. The lowest BCUT2D eigenvalue weighted by Crippen LogP contribution is -2.46. The maximum absolute atomic E-state index is 10.4. The molecule has 0 aromatic heterocycles. The quantitative estimate of drug-likeness (QED) is 0.443. The van der Waals surface area contributed by atoms with Gasteiger partial charge in [0.1, 0.15) is 17.1 Å². The molecule has 1 aliphatic rings. The van der Waals surface area contributed by atoms with Crippen LogP contribution in [0.15, 0.2) is 29.9 Å². The molecule has 1 unspecified atom stereocenters. The van der Waals surface area contributed by atoms with Crippen molar-refractivity contribution in [3.8, 4) is 11.5 Å². The molecule has 0 bridgehead atoms. The number of aromatic hydroxyl groups is 1. The van der Waals surface area contributed by atoms with Gasteiger partial charge in [0.25, 0.3) is 0 Å². The van der Waals surface area contributed by atoms with Crippen molar-refractivity contribution in [2.45, 2.75) is 79.2 Å². The van der Waals surface area contributed by atoms with Crippen molar-refractivity contribution in [3.05, 3.63) is 41.0 Å². The Balaban J connectivity index is 2.28. The Kier molecular flexibility index (Phi) is 6.03. The highest BCUT2D eigenvalue weighted by Crippen LogP contribution is 2.46. The van der Waals surface area contributed by atoms with E-state index in [0.717, 1.165) is 36.1 Å². The third-order valence-corrected chi connectivity index (χ3v) is 5.50. The van der Waals surface area contributed by atoms with Gasteiger partial charge >= 0.3 is 0 Å². The van der Waals surface area contributed by atoms with E-state index in [2.05, 4.69) is 59.8 Å². The summed E-state index contributed by atoms with van der Waals surface area (Å²) in [5.74, 6) is 1.13. The second-order valence-electron chi connectivity index (χ2n) is 8.40. The molecule has 1 heterocycles. The Morgan fingerprint density at radius 3 is 2.60 bits per heavy atom. The first-order chi connectivity index (χ1) is 11.7. The van der Waals surface area contributed by atoms with Crippen LogP contribution in [-0.2, 0) is 6.42 Å². The zero-order chi connectivity index (χ0) is 18.7. The molecule has 0 amide bonds. The Labute approximate surface area is 153 Å². The lowest BCUT2D eigenvalue weighted by atomic mass is 9.72. The predicted octanol–water partition coefficient (Wildman–Crippen LogP) is 6.67. The van der Waals surface area contributed by atoms with Gasteiger partial charge in [0.2, 0.25) is 0 Å². The molecule has 0 spiro atoms. The molecule has 1 atom stereocenters. The average Bonchev–Trinajstić information content (AvgIpc) is 2.53. The van der Waals surface area contributed by atoms with E-state index in [-0.39, 0.29) is 5.41 Å². The van der Waals surface area contributed by atoms with Gasteiger partial charge in [-0.3, -0.25) is 0 Å². The Morgan fingerprint density at radius 1 is 1.24 bits per heavy atom. The molecule has 1 N–H and O–H groups in total. The van der Waals surface area contributed by atoms with Crippen LogP contribution in [0, 0.1) is 5.41 Å². The predicted molar refractivity (Wildman–Crippen MR) is 107 cm³/mol. The second kappa shape index (κ2) is 7.68. The van der Waals surface area contributed by atoms with E-state index in [0.29, 0.717) is 5.75 Å². The number of rotatable bonds is 7. The molecule has 0 aliphatic carbocycles. The van der Waals surface area contributed by atoms with E-state index in [1.54, 1.807) is 0 Å². The van der Waals surface area contributed by atoms with E-state index in [9.17, 15) is 5.11 Å². The smallest absolute Gasteiger partial charge is 0.131 e. The highest BCUT2D eigenvalue weighted by molar-refractivity contribution is 5.68. The normalized spacial score (nSPS) is 19.3. The number of aryl methyl sites for hydroxylation is 1. The molecule has 0 fully saturated rings. The zero-order valence-corrected chi connectivity index (χ0v) is 16.8. The molecule has 1 aromatic carbocycles. The van der Waals surface area contributed by atoms with Crippen LogP contribution in [0.5, 0.6) is 11.5 Å². The maximum atomic E-state index is 10.4. The summed E-state index contributed by atoms with van der Waals surface area (Å²) in [6.45, 7) is 13.1. The standard InChI is InChI=1S/C23H34O2/c1-7-8-9-10-18-15-20(24)19-12-14-23(6,25-21(19)16-18)22(4,5)13-11-17(2)3/h11-12,14-16,24H,7-10,13H2,1-6H3. The van der Waals surface area contributed by atoms with Crippen molar-refractivity contribution in [3.63, 3.8) is 0 Å². The van der Waals surface area contributed by atoms with Crippen LogP contribution in [0.4, 0.5) is 0 Å². The highest BCUT2D eigenvalue weighted by Gasteiger charge is 2.42. The molecule has 25 heavy (non-hydrogen) atoms. The minimum absolute atomic E-state index is 0.0493. The summed E-state index contributed by atoms with van der Waals surface area (Å²) in [6.07, 6.45) is 11.9. The second-order valence-corrected chi connectivity index (χ2v) is 8.40. The van der Waals surface area contributed by atoms with Gasteiger partial charge < -0.3 is 9.84 Å². The monoisotopic (exact) mass is 342 g/mol. The zero-order valence-electron chi connectivity index (χ0n) is 16.8. The molecule has 0 radical (unpaired) electrons. The van der Waals surface area contributed by atoms with Crippen LogP contribution in [0.3, 0.4) is 0 Å². The fourth-order valence-electron chi connectivity index (χ4n) is 3.17. The van der Waals surface area contributed by atoms with Crippen LogP contribution < -0.4 is 4.74 Å². The van der Waals surface area contributed by atoms with Crippen LogP contribution >= 0.6 is 0 Å². The van der Waals surface area contributed by atoms with Crippen LogP contribution in [-0.4, -0.2) is 10.7 Å². The minimum Gasteiger partial charge on any atom is -0.507 e. The first kappa shape index (κ1) is 19.6. The van der Waals surface area contributed by atoms with Gasteiger partial charge in [-0.1, -0.05) is 45.3 Å². The highest BCUT2D eigenvalue weighted by atomic mass is 16.5. The Hall–Kier alpha value is -1.70. The number of hydrogen-bond donors (Lipinski definition) is 1. The van der Waals surface area contributed by atoms with Crippen LogP contribution in [0.25, 0.3) is 6.08 Å². The number of unbranched alkanes of at least 4 members (excludes halogenated alkanes) is 2. The van der Waals surface area contributed by atoms with Gasteiger partial charge in [-0.15, -0.1) is 0 Å². The fraction of sp³-hybridized carbons (Fsp3) is 0.565. The van der Waals surface area contributed by atoms with E-state index >= 15 is 0 Å². The third kappa shape index (κ3) is 4.48. The molecular formula is C23H34O2.